The lowest BCUT2D eigenvalue weighted by Gasteiger charge is -2.35. The Balaban J connectivity index is 1.38. The summed E-state index contributed by atoms with van der Waals surface area (Å²) in [5, 5.41) is 14.5. The van der Waals surface area contributed by atoms with Gasteiger partial charge in [-0.05, 0) is 75.8 Å². The minimum atomic E-state index is -0.761. The van der Waals surface area contributed by atoms with E-state index < -0.39 is 23.8 Å². The second kappa shape index (κ2) is 11.5. The molecule has 0 radical (unpaired) electrons. The summed E-state index contributed by atoms with van der Waals surface area (Å²) in [7, 11) is 0. The third-order valence-corrected chi connectivity index (χ3v) is 7.13. The number of pyridine rings is 1. The van der Waals surface area contributed by atoms with Gasteiger partial charge >= 0.3 is 6.09 Å². The van der Waals surface area contributed by atoms with Crippen LogP contribution in [0.2, 0.25) is 5.02 Å². The highest BCUT2D eigenvalue weighted by Crippen LogP contribution is 2.43. The lowest BCUT2D eigenvalue weighted by atomic mass is 9.97. The predicted octanol–water partition coefficient (Wildman–Crippen LogP) is 3.71. The average Bonchev–Trinajstić information content (AvgIpc) is 3.50. The Morgan fingerprint density at radius 1 is 1.28 bits per heavy atom. The number of likely N-dealkylation sites (tertiary alicyclic amines) is 1. The minimum Gasteiger partial charge on any atom is -0.444 e. The molecule has 4 atom stereocenters. The van der Waals surface area contributed by atoms with Gasteiger partial charge in [-0.3, -0.25) is 19.7 Å². The number of hydrazine groups is 1. The molecule has 2 aliphatic rings. The van der Waals surface area contributed by atoms with E-state index in [2.05, 4.69) is 16.4 Å². The summed E-state index contributed by atoms with van der Waals surface area (Å²) in [4.78, 5) is 31.9. The number of carbonyl (C=O) groups excluding carboxylic acids is 2. The van der Waals surface area contributed by atoms with Crippen LogP contribution < -0.4 is 21.9 Å². The molecule has 3 unspecified atom stereocenters. The first-order valence-corrected chi connectivity index (χ1v) is 13.3. The van der Waals surface area contributed by atoms with Gasteiger partial charge in [-0.1, -0.05) is 23.7 Å². The van der Waals surface area contributed by atoms with Crippen LogP contribution in [0.4, 0.5) is 10.5 Å². The van der Waals surface area contributed by atoms with Crippen molar-refractivity contribution in [3.8, 4) is 6.07 Å². The van der Waals surface area contributed by atoms with Gasteiger partial charge in [0.25, 0.3) is 0 Å². The molecule has 1 saturated carbocycles. The molecule has 5 N–H and O–H groups in total. The lowest BCUT2D eigenvalue weighted by Crippen LogP contribution is -2.55. The zero-order valence-corrected chi connectivity index (χ0v) is 23.1. The monoisotopic (exact) mass is 551 g/mol. The van der Waals surface area contributed by atoms with Gasteiger partial charge in [0.05, 0.1) is 28.2 Å². The number of anilines is 1. The topological polar surface area (TPSA) is 151 Å². The fraction of sp³-hybridized carbons (Fsp3) is 0.429. The number of hydrogen-bond donors (Lipinski definition) is 3. The van der Waals surface area contributed by atoms with Gasteiger partial charge in [0.15, 0.2) is 0 Å². The molecule has 0 spiro atoms. The van der Waals surface area contributed by atoms with Crippen LogP contribution in [-0.2, 0) is 16.0 Å². The Labute approximate surface area is 233 Å². The Morgan fingerprint density at radius 2 is 2.00 bits per heavy atom. The molecule has 39 heavy (non-hydrogen) atoms. The molecule has 1 aromatic carbocycles. The van der Waals surface area contributed by atoms with E-state index in [1.165, 1.54) is 11.2 Å². The number of aromatic nitrogens is 1. The van der Waals surface area contributed by atoms with Crippen molar-refractivity contribution in [3.05, 3.63) is 65.1 Å². The predicted molar refractivity (Wildman–Crippen MR) is 149 cm³/mol. The number of piperidine rings is 1. The van der Waals surface area contributed by atoms with Gasteiger partial charge in [-0.25, -0.2) is 10.6 Å². The van der Waals surface area contributed by atoms with Crippen molar-refractivity contribution >= 4 is 35.0 Å². The number of halogens is 1. The number of amides is 2. The second-order valence-electron chi connectivity index (χ2n) is 11.0. The van der Waals surface area contributed by atoms with Crippen LogP contribution in [0, 0.1) is 17.2 Å². The number of hydrogen-bond acceptors (Lipinski definition) is 8. The number of rotatable bonds is 7. The standard InChI is InChI=1S/C28H34ClN7O3/c1-28(2,3)39-27(38)36-22-10-6-18(13-22)25(36)26(37)34-20(14-30)12-17-4-8-21(9-5-17)35(32)16-23(31)24-11-7-19(29)15-33-24/h4-5,7-9,11,15-16,18,20,22,25H,6,10,12-13,31-32H2,1-3H3,(H,34,37)/b23-16-/t18?,20-,22?,25?/m0/s1. The van der Waals surface area contributed by atoms with Crippen LogP contribution in [0.1, 0.15) is 51.3 Å². The van der Waals surface area contributed by atoms with Crippen molar-refractivity contribution in [2.75, 3.05) is 5.01 Å². The van der Waals surface area contributed by atoms with Gasteiger partial charge in [-0.2, -0.15) is 5.26 Å². The van der Waals surface area contributed by atoms with E-state index in [0.29, 0.717) is 28.5 Å². The number of nitrogens with zero attached hydrogens (tertiary/aromatic N) is 4. The molecule has 1 aromatic heterocycles. The van der Waals surface area contributed by atoms with Crippen LogP contribution in [0.3, 0.4) is 0 Å². The van der Waals surface area contributed by atoms with E-state index in [1.54, 1.807) is 56.1 Å². The third-order valence-electron chi connectivity index (χ3n) is 6.91. The van der Waals surface area contributed by atoms with Gasteiger partial charge in [0.1, 0.15) is 17.7 Å². The van der Waals surface area contributed by atoms with E-state index in [9.17, 15) is 14.9 Å². The van der Waals surface area contributed by atoms with Crippen molar-refractivity contribution < 1.29 is 14.3 Å². The zero-order chi connectivity index (χ0) is 28.3. The van der Waals surface area contributed by atoms with Crippen LogP contribution in [0.15, 0.2) is 48.8 Å². The molecule has 10 nitrogen and oxygen atoms in total. The first-order chi connectivity index (χ1) is 18.4. The molecular formula is C28H34ClN7O3. The number of nitrogens with one attached hydrogen (secondary N) is 1. The minimum absolute atomic E-state index is 0.00792. The highest BCUT2D eigenvalue weighted by atomic mass is 35.5. The maximum atomic E-state index is 13.3. The summed E-state index contributed by atoms with van der Waals surface area (Å²) in [6.45, 7) is 5.41. The van der Waals surface area contributed by atoms with Gasteiger partial charge in [0.2, 0.25) is 5.91 Å². The van der Waals surface area contributed by atoms with Crippen LogP contribution in [0.25, 0.3) is 5.70 Å². The maximum absolute atomic E-state index is 13.3. The molecular weight excluding hydrogens is 518 g/mol. The van der Waals surface area contributed by atoms with Gasteiger partial charge < -0.3 is 15.8 Å². The zero-order valence-electron chi connectivity index (χ0n) is 22.3. The normalized spacial score (nSPS) is 21.3. The van der Waals surface area contributed by atoms with Crippen LogP contribution in [0.5, 0.6) is 0 Å². The molecule has 11 heteroatoms. The Bertz CT molecular complexity index is 1270. The maximum Gasteiger partial charge on any atom is 0.411 e. The number of fused-ring (bicyclic) bond motifs is 2. The molecule has 1 aliphatic heterocycles. The first-order valence-electron chi connectivity index (χ1n) is 12.9. The lowest BCUT2D eigenvalue weighted by molar-refractivity contribution is -0.128. The van der Waals surface area contributed by atoms with E-state index >= 15 is 0 Å². The molecule has 2 fully saturated rings. The summed E-state index contributed by atoms with van der Waals surface area (Å²) in [6, 6.07) is 11.4. The number of ether oxygens (including phenoxy) is 1. The van der Waals surface area contributed by atoms with Crippen molar-refractivity contribution in [3.63, 3.8) is 0 Å². The van der Waals surface area contributed by atoms with Gasteiger partial charge in [-0.15, -0.1) is 0 Å². The van der Waals surface area contributed by atoms with Crippen LogP contribution in [-0.4, -0.2) is 45.6 Å². The quantitative estimate of drug-likeness (QED) is 0.348. The largest absolute Gasteiger partial charge is 0.444 e. The summed E-state index contributed by atoms with van der Waals surface area (Å²) in [5.41, 5.74) is 7.86. The molecule has 2 heterocycles. The highest BCUT2D eigenvalue weighted by molar-refractivity contribution is 6.30. The summed E-state index contributed by atoms with van der Waals surface area (Å²) in [6.07, 6.45) is 5.39. The van der Waals surface area contributed by atoms with Crippen molar-refractivity contribution in [2.45, 2.75) is 70.2 Å². The second-order valence-corrected chi connectivity index (χ2v) is 11.4. The van der Waals surface area contributed by atoms with E-state index in [1.807, 2.05) is 12.1 Å². The third kappa shape index (κ3) is 6.80. The molecule has 4 rings (SSSR count). The first kappa shape index (κ1) is 28.2. The Hall–Kier alpha value is -3.81. The molecule has 1 aliphatic carbocycles. The highest BCUT2D eigenvalue weighted by Gasteiger charge is 2.52. The molecule has 1 saturated heterocycles. The summed E-state index contributed by atoms with van der Waals surface area (Å²) >= 11 is 5.87. The fourth-order valence-corrected chi connectivity index (χ4v) is 5.28. The SMILES string of the molecule is CC(C)(C)OC(=O)N1C2CCC(C2)C1C(=O)N[C@H](C#N)Cc1ccc(N(N)/C=C(\N)c2ccc(Cl)cn2)cc1. The summed E-state index contributed by atoms with van der Waals surface area (Å²) in [5.74, 6) is 5.90. The van der Waals surface area contributed by atoms with E-state index in [0.717, 1.165) is 24.8 Å². The fourth-order valence-electron chi connectivity index (χ4n) is 5.17. The number of carbonyl (C=O) groups is 2. The van der Waals surface area contributed by atoms with E-state index in [4.69, 9.17) is 27.9 Å². The van der Waals surface area contributed by atoms with Crippen molar-refractivity contribution in [1.82, 2.24) is 15.2 Å². The number of benzene rings is 1. The molecule has 206 valence electrons. The Morgan fingerprint density at radius 3 is 2.62 bits per heavy atom. The molecule has 2 aromatic rings. The van der Waals surface area contributed by atoms with Gasteiger partial charge in [0, 0.05) is 24.9 Å². The number of nitrogens with two attached hydrogens (primary N) is 2. The average molecular weight is 552 g/mol. The number of nitriles is 1. The smallest absolute Gasteiger partial charge is 0.411 e. The summed E-state index contributed by atoms with van der Waals surface area (Å²) < 4.78 is 5.57. The van der Waals surface area contributed by atoms with Crippen LogP contribution >= 0.6 is 11.6 Å². The molecule has 2 bridgehead atoms. The van der Waals surface area contributed by atoms with Crippen molar-refractivity contribution in [1.29, 1.82) is 5.26 Å². The van der Waals surface area contributed by atoms with E-state index in [-0.39, 0.29) is 17.9 Å². The Kier molecular flexibility index (Phi) is 8.33. The van der Waals surface area contributed by atoms with Crippen molar-refractivity contribution in [2.24, 2.45) is 17.5 Å². The molecule has 2 amide bonds.